The lowest BCUT2D eigenvalue weighted by molar-refractivity contribution is -0.141. The maximum atomic E-state index is 11.6. The Bertz CT molecular complexity index is 434. The molecule has 1 unspecified atom stereocenters. The lowest BCUT2D eigenvalue weighted by Gasteiger charge is -2.23. The van der Waals surface area contributed by atoms with Crippen molar-refractivity contribution in [1.82, 2.24) is 4.98 Å². The second kappa shape index (κ2) is 4.95. The second-order valence-corrected chi connectivity index (χ2v) is 3.94. The highest BCUT2D eigenvalue weighted by Gasteiger charge is 2.32. The van der Waals surface area contributed by atoms with E-state index in [4.69, 9.17) is 4.74 Å². The second-order valence-electron chi connectivity index (χ2n) is 3.94. The molecular weight excluding hydrogens is 220 g/mol. The first-order chi connectivity index (χ1) is 8.26. The van der Waals surface area contributed by atoms with Gasteiger partial charge in [0, 0.05) is 18.3 Å². The van der Waals surface area contributed by atoms with Gasteiger partial charge in [-0.3, -0.25) is 4.79 Å². The van der Waals surface area contributed by atoms with Crippen LogP contribution in [0.3, 0.4) is 0 Å². The molecule has 1 aromatic rings. The lowest BCUT2D eigenvalue weighted by atomic mass is 10.2. The number of ether oxygens (including phenoxy) is 1. The molecule has 1 saturated heterocycles. The van der Waals surface area contributed by atoms with Gasteiger partial charge in [-0.15, -0.1) is 0 Å². The Morgan fingerprint density at radius 3 is 3.18 bits per heavy atom. The van der Waals surface area contributed by atoms with E-state index in [9.17, 15) is 9.59 Å². The topological polar surface area (TPSA) is 59.5 Å². The average Bonchev–Trinajstić information content (AvgIpc) is 2.87. The number of hydrogen-bond acceptors (Lipinski definition) is 5. The molecule has 5 nitrogen and oxygen atoms in total. The van der Waals surface area contributed by atoms with Crippen LogP contribution in [-0.2, 0) is 9.53 Å². The monoisotopic (exact) mass is 234 g/mol. The number of aldehydes is 1. The number of methoxy groups -OCH3 is 1. The van der Waals surface area contributed by atoms with E-state index >= 15 is 0 Å². The summed E-state index contributed by atoms with van der Waals surface area (Å²) in [6.07, 6.45) is 4.03. The van der Waals surface area contributed by atoms with Crippen molar-refractivity contribution in [3.63, 3.8) is 0 Å². The number of esters is 1. The Hall–Kier alpha value is -1.91. The molecule has 5 heteroatoms. The summed E-state index contributed by atoms with van der Waals surface area (Å²) in [5.41, 5.74) is 0.561. The molecule has 1 fully saturated rings. The molecule has 90 valence electrons. The summed E-state index contributed by atoms with van der Waals surface area (Å²) in [6.45, 7) is 0.759. The van der Waals surface area contributed by atoms with Gasteiger partial charge in [-0.1, -0.05) is 0 Å². The van der Waals surface area contributed by atoms with Gasteiger partial charge in [-0.05, 0) is 25.0 Å². The number of rotatable bonds is 3. The number of carbonyl (C=O) groups excluding carboxylic acids is 2. The summed E-state index contributed by atoms with van der Waals surface area (Å²) < 4.78 is 4.76. The van der Waals surface area contributed by atoms with Crippen LogP contribution in [-0.4, -0.2) is 36.9 Å². The van der Waals surface area contributed by atoms with Gasteiger partial charge >= 0.3 is 5.97 Å². The summed E-state index contributed by atoms with van der Waals surface area (Å²) in [7, 11) is 1.38. The van der Waals surface area contributed by atoms with Gasteiger partial charge < -0.3 is 9.64 Å². The van der Waals surface area contributed by atoms with Crippen molar-refractivity contribution in [1.29, 1.82) is 0 Å². The van der Waals surface area contributed by atoms with Gasteiger partial charge in [0.15, 0.2) is 0 Å². The summed E-state index contributed by atoms with van der Waals surface area (Å²) in [5, 5.41) is 0. The summed E-state index contributed by atoms with van der Waals surface area (Å²) in [6, 6.07) is 3.04. The number of anilines is 1. The SMILES string of the molecule is COC(=O)C1CCCN1c1cc(C=O)ccn1. The Kier molecular flexibility index (Phi) is 3.37. The third-order valence-corrected chi connectivity index (χ3v) is 2.93. The van der Waals surface area contributed by atoms with Gasteiger partial charge in [0.05, 0.1) is 7.11 Å². The molecule has 1 aromatic heterocycles. The van der Waals surface area contributed by atoms with Crippen molar-refractivity contribution < 1.29 is 14.3 Å². The van der Waals surface area contributed by atoms with Crippen molar-refractivity contribution in [3.05, 3.63) is 23.9 Å². The number of hydrogen-bond donors (Lipinski definition) is 0. The van der Waals surface area contributed by atoms with E-state index < -0.39 is 0 Å². The van der Waals surface area contributed by atoms with Crippen LogP contribution in [0.4, 0.5) is 5.82 Å². The minimum absolute atomic E-state index is 0.249. The molecule has 0 amide bonds. The Balaban J connectivity index is 2.25. The smallest absolute Gasteiger partial charge is 0.328 e. The fourth-order valence-electron chi connectivity index (χ4n) is 2.09. The van der Waals surface area contributed by atoms with Gasteiger partial charge in [-0.2, -0.15) is 0 Å². The first-order valence-corrected chi connectivity index (χ1v) is 5.52. The molecule has 1 aliphatic heterocycles. The van der Waals surface area contributed by atoms with Gasteiger partial charge in [0.25, 0.3) is 0 Å². The zero-order chi connectivity index (χ0) is 12.3. The zero-order valence-electron chi connectivity index (χ0n) is 9.63. The first kappa shape index (κ1) is 11.6. The van der Waals surface area contributed by atoms with Crippen molar-refractivity contribution in [2.45, 2.75) is 18.9 Å². The molecule has 0 radical (unpaired) electrons. The van der Waals surface area contributed by atoms with Crippen molar-refractivity contribution in [2.75, 3.05) is 18.6 Å². The molecule has 17 heavy (non-hydrogen) atoms. The number of aromatic nitrogens is 1. The maximum absolute atomic E-state index is 11.6. The van der Waals surface area contributed by atoms with Crippen LogP contribution in [0.1, 0.15) is 23.2 Å². The highest BCUT2D eigenvalue weighted by atomic mass is 16.5. The van der Waals surface area contributed by atoms with Crippen LogP contribution in [0.2, 0.25) is 0 Å². The summed E-state index contributed by atoms with van der Waals surface area (Å²) >= 11 is 0. The highest BCUT2D eigenvalue weighted by molar-refractivity contribution is 5.81. The fourth-order valence-corrected chi connectivity index (χ4v) is 2.09. The predicted octanol–water partition coefficient (Wildman–Crippen LogP) is 1.04. The molecule has 1 aliphatic rings. The van der Waals surface area contributed by atoms with E-state index in [0.29, 0.717) is 11.4 Å². The van der Waals surface area contributed by atoms with Crippen LogP contribution in [0.5, 0.6) is 0 Å². The number of carbonyl (C=O) groups is 2. The molecule has 0 aliphatic carbocycles. The molecule has 0 aromatic carbocycles. The fraction of sp³-hybridized carbons (Fsp3) is 0.417. The average molecular weight is 234 g/mol. The van der Waals surface area contributed by atoms with Crippen LogP contribution >= 0.6 is 0 Å². The largest absolute Gasteiger partial charge is 0.467 e. The highest BCUT2D eigenvalue weighted by Crippen LogP contribution is 2.24. The van der Waals surface area contributed by atoms with E-state index in [1.807, 2.05) is 4.90 Å². The lowest BCUT2D eigenvalue weighted by Crippen LogP contribution is -2.37. The van der Waals surface area contributed by atoms with E-state index in [2.05, 4.69) is 4.98 Å². The summed E-state index contributed by atoms with van der Waals surface area (Å²) in [4.78, 5) is 28.4. The first-order valence-electron chi connectivity index (χ1n) is 5.52. The molecule has 2 heterocycles. The van der Waals surface area contributed by atoms with Gasteiger partial charge in [0.2, 0.25) is 0 Å². The Labute approximate surface area is 99.4 Å². The molecular formula is C12H14N2O3. The van der Waals surface area contributed by atoms with Crippen molar-refractivity contribution >= 4 is 18.1 Å². The number of nitrogens with zero attached hydrogens (tertiary/aromatic N) is 2. The number of pyridine rings is 1. The van der Waals surface area contributed by atoms with Crippen LogP contribution in [0.15, 0.2) is 18.3 Å². The quantitative estimate of drug-likeness (QED) is 0.577. The molecule has 0 bridgehead atoms. The van der Waals surface area contributed by atoms with Crippen molar-refractivity contribution in [2.24, 2.45) is 0 Å². The molecule has 0 N–H and O–H groups in total. The van der Waals surface area contributed by atoms with Crippen LogP contribution < -0.4 is 4.90 Å². The van der Waals surface area contributed by atoms with Crippen molar-refractivity contribution in [3.8, 4) is 0 Å². The molecule has 2 rings (SSSR count). The Morgan fingerprint density at radius 2 is 2.47 bits per heavy atom. The zero-order valence-corrected chi connectivity index (χ0v) is 9.63. The van der Waals surface area contributed by atoms with E-state index in [-0.39, 0.29) is 12.0 Å². The summed E-state index contributed by atoms with van der Waals surface area (Å²) in [5.74, 6) is 0.406. The molecule has 0 spiro atoms. The van der Waals surface area contributed by atoms with E-state index in [1.165, 1.54) is 7.11 Å². The minimum atomic E-state index is -0.283. The van der Waals surface area contributed by atoms with Gasteiger partial charge in [0.1, 0.15) is 18.1 Å². The minimum Gasteiger partial charge on any atom is -0.467 e. The standard InChI is InChI=1S/C12H14N2O3/c1-17-12(16)10-3-2-6-14(10)11-7-9(8-15)4-5-13-11/h4-5,7-8,10H,2-3,6H2,1H3. The molecule has 1 atom stereocenters. The van der Waals surface area contributed by atoms with Crippen LogP contribution in [0, 0.1) is 0 Å². The third kappa shape index (κ3) is 2.27. The van der Waals surface area contributed by atoms with Crippen LogP contribution in [0.25, 0.3) is 0 Å². The predicted molar refractivity (Wildman–Crippen MR) is 62.0 cm³/mol. The molecule has 0 saturated carbocycles. The van der Waals surface area contributed by atoms with E-state index in [0.717, 1.165) is 25.7 Å². The van der Waals surface area contributed by atoms with Gasteiger partial charge in [-0.25, -0.2) is 9.78 Å². The normalized spacial score (nSPS) is 19.1. The maximum Gasteiger partial charge on any atom is 0.328 e. The Morgan fingerprint density at radius 1 is 1.65 bits per heavy atom. The van der Waals surface area contributed by atoms with E-state index in [1.54, 1.807) is 18.3 Å². The third-order valence-electron chi connectivity index (χ3n) is 2.93.